The Kier molecular flexibility index (Phi) is 3.62. The van der Waals surface area contributed by atoms with Gasteiger partial charge in [0.2, 0.25) is 11.8 Å². The molecule has 4 fully saturated rings. The van der Waals surface area contributed by atoms with Crippen molar-refractivity contribution in [2.24, 2.45) is 40.9 Å². The standard InChI is InChI=1S/C20H31NO2/c1-4-20(2,3)19(23)21-10-9-14-15-11-16(17(14)18(21)22)13-8-6-5-7-12(13)15/h12-17H,4-11H2,1-3H3. The molecule has 1 aliphatic heterocycles. The Morgan fingerprint density at radius 2 is 1.70 bits per heavy atom. The van der Waals surface area contributed by atoms with E-state index in [0.717, 1.165) is 30.6 Å². The van der Waals surface area contributed by atoms with Crippen molar-refractivity contribution >= 4 is 11.8 Å². The van der Waals surface area contributed by atoms with E-state index in [1.165, 1.54) is 32.1 Å². The van der Waals surface area contributed by atoms with Crippen LogP contribution in [0, 0.1) is 40.9 Å². The van der Waals surface area contributed by atoms with Crippen LogP contribution in [-0.4, -0.2) is 23.3 Å². The molecule has 4 rings (SSSR count). The number of hydrogen-bond donors (Lipinski definition) is 0. The number of rotatable bonds is 2. The van der Waals surface area contributed by atoms with E-state index in [1.54, 1.807) is 4.90 Å². The molecule has 0 radical (unpaired) electrons. The molecular formula is C20H31NO2. The Hall–Kier alpha value is -0.860. The fourth-order valence-corrected chi connectivity index (χ4v) is 6.45. The van der Waals surface area contributed by atoms with Crippen LogP contribution >= 0.6 is 0 Å². The third-order valence-electron chi connectivity index (χ3n) is 7.94. The highest BCUT2D eigenvalue weighted by molar-refractivity contribution is 5.99. The van der Waals surface area contributed by atoms with Gasteiger partial charge in [-0.1, -0.05) is 33.6 Å². The molecule has 6 atom stereocenters. The Labute approximate surface area is 140 Å². The predicted molar refractivity (Wildman–Crippen MR) is 89.4 cm³/mol. The Bertz CT molecular complexity index is 526. The predicted octanol–water partition coefficient (Wildman–Crippen LogP) is 3.87. The highest BCUT2D eigenvalue weighted by Gasteiger charge is 2.62. The second-order valence-electron chi connectivity index (χ2n) is 9.19. The van der Waals surface area contributed by atoms with Gasteiger partial charge in [-0.05, 0) is 61.7 Å². The van der Waals surface area contributed by atoms with Crippen LogP contribution in [0.4, 0.5) is 0 Å². The molecule has 0 spiro atoms. The number of piperidine rings is 1. The van der Waals surface area contributed by atoms with E-state index < -0.39 is 5.41 Å². The van der Waals surface area contributed by atoms with Crippen molar-refractivity contribution in [1.29, 1.82) is 0 Å². The lowest BCUT2D eigenvalue weighted by atomic mass is 9.61. The summed E-state index contributed by atoms with van der Waals surface area (Å²) < 4.78 is 0. The van der Waals surface area contributed by atoms with E-state index in [9.17, 15) is 9.59 Å². The highest BCUT2D eigenvalue weighted by atomic mass is 16.2. The number of hydrogen-bond acceptors (Lipinski definition) is 2. The minimum atomic E-state index is -0.409. The second kappa shape index (κ2) is 5.32. The molecule has 0 N–H and O–H groups in total. The van der Waals surface area contributed by atoms with Crippen molar-refractivity contribution in [3.05, 3.63) is 0 Å². The third-order valence-corrected chi connectivity index (χ3v) is 7.94. The molecule has 23 heavy (non-hydrogen) atoms. The summed E-state index contributed by atoms with van der Waals surface area (Å²) in [6.45, 7) is 6.67. The van der Waals surface area contributed by atoms with E-state index >= 15 is 0 Å². The summed E-state index contributed by atoms with van der Waals surface area (Å²) >= 11 is 0. The van der Waals surface area contributed by atoms with Crippen LogP contribution in [0.2, 0.25) is 0 Å². The lowest BCUT2D eigenvalue weighted by molar-refractivity contribution is -0.160. The zero-order valence-corrected chi connectivity index (χ0v) is 14.9. The number of carbonyl (C=O) groups is 2. The molecule has 1 heterocycles. The number of carbonyl (C=O) groups excluding carboxylic acids is 2. The molecular weight excluding hydrogens is 286 g/mol. The monoisotopic (exact) mass is 317 g/mol. The summed E-state index contributed by atoms with van der Waals surface area (Å²) in [6.07, 6.45) is 8.60. The van der Waals surface area contributed by atoms with Gasteiger partial charge in [-0.25, -0.2) is 0 Å². The third kappa shape index (κ3) is 2.14. The van der Waals surface area contributed by atoms with Crippen molar-refractivity contribution in [3.63, 3.8) is 0 Å². The van der Waals surface area contributed by atoms with E-state index in [2.05, 4.69) is 0 Å². The lowest BCUT2D eigenvalue weighted by Crippen LogP contribution is -2.55. The minimum Gasteiger partial charge on any atom is -0.282 e. The molecule has 0 aromatic carbocycles. The van der Waals surface area contributed by atoms with Gasteiger partial charge in [-0.2, -0.15) is 0 Å². The summed E-state index contributed by atoms with van der Waals surface area (Å²) in [5, 5.41) is 0. The van der Waals surface area contributed by atoms with E-state index in [4.69, 9.17) is 0 Å². The first kappa shape index (κ1) is 15.7. The van der Waals surface area contributed by atoms with Gasteiger partial charge >= 0.3 is 0 Å². The SMILES string of the molecule is CCC(C)(C)C(=O)N1CCC2C3CC(C4CCCCC34)C2C1=O. The van der Waals surface area contributed by atoms with Crippen LogP contribution in [0.25, 0.3) is 0 Å². The van der Waals surface area contributed by atoms with Gasteiger partial charge in [0, 0.05) is 17.9 Å². The van der Waals surface area contributed by atoms with E-state index in [-0.39, 0.29) is 17.7 Å². The van der Waals surface area contributed by atoms with Crippen molar-refractivity contribution in [1.82, 2.24) is 4.90 Å². The average molecular weight is 317 g/mol. The number of amides is 2. The first-order chi connectivity index (χ1) is 11.0. The largest absolute Gasteiger partial charge is 0.282 e. The summed E-state index contributed by atoms with van der Waals surface area (Å²) in [7, 11) is 0. The summed E-state index contributed by atoms with van der Waals surface area (Å²) in [5.74, 6) is 4.06. The Balaban J connectivity index is 1.57. The molecule has 0 aromatic rings. The number of nitrogens with zero attached hydrogens (tertiary/aromatic N) is 1. The molecule has 2 amide bonds. The van der Waals surface area contributed by atoms with Gasteiger partial charge in [-0.15, -0.1) is 0 Å². The molecule has 1 saturated heterocycles. The molecule has 2 bridgehead atoms. The maximum absolute atomic E-state index is 13.2. The highest BCUT2D eigenvalue weighted by Crippen LogP contribution is 2.64. The van der Waals surface area contributed by atoms with Crippen LogP contribution in [0.5, 0.6) is 0 Å². The van der Waals surface area contributed by atoms with Gasteiger partial charge in [-0.3, -0.25) is 14.5 Å². The van der Waals surface area contributed by atoms with Crippen LogP contribution in [0.1, 0.15) is 65.7 Å². The van der Waals surface area contributed by atoms with Crippen LogP contribution in [0.3, 0.4) is 0 Å². The van der Waals surface area contributed by atoms with Gasteiger partial charge in [0.05, 0.1) is 0 Å². The van der Waals surface area contributed by atoms with Gasteiger partial charge < -0.3 is 0 Å². The summed E-state index contributed by atoms with van der Waals surface area (Å²) in [6, 6.07) is 0. The minimum absolute atomic E-state index is 0.0615. The zero-order chi connectivity index (χ0) is 16.4. The lowest BCUT2D eigenvalue weighted by Gasteiger charge is -2.47. The summed E-state index contributed by atoms with van der Waals surface area (Å²) in [5.41, 5.74) is -0.409. The Morgan fingerprint density at radius 3 is 2.35 bits per heavy atom. The van der Waals surface area contributed by atoms with Crippen molar-refractivity contribution in [2.75, 3.05) is 6.54 Å². The van der Waals surface area contributed by atoms with Gasteiger partial charge in [0.1, 0.15) is 0 Å². The quantitative estimate of drug-likeness (QED) is 0.775. The normalized spacial score (nSPS) is 42.6. The number of fused-ring (bicyclic) bond motifs is 8. The van der Waals surface area contributed by atoms with Crippen molar-refractivity contribution < 1.29 is 9.59 Å². The fraction of sp³-hybridized carbons (Fsp3) is 0.900. The molecule has 6 unspecified atom stereocenters. The number of imide groups is 1. The molecule has 3 aliphatic carbocycles. The van der Waals surface area contributed by atoms with Crippen LogP contribution in [0.15, 0.2) is 0 Å². The van der Waals surface area contributed by atoms with Gasteiger partial charge in [0.25, 0.3) is 0 Å². The molecule has 3 heteroatoms. The first-order valence-electron chi connectivity index (χ1n) is 9.81. The van der Waals surface area contributed by atoms with E-state index in [1.807, 2.05) is 20.8 Å². The van der Waals surface area contributed by atoms with Crippen LogP contribution in [-0.2, 0) is 9.59 Å². The average Bonchev–Trinajstić information content (AvgIpc) is 3.12. The number of likely N-dealkylation sites (tertiary alicyclic amines) is 1. The molecule has 4 aliphatic rings. The molecule has 3 saturated carbocycles. The van der Waals surface area contributed by atoms with Gasteiger partial charge in [0.15, 0.2) is 0 Å². The fourth-order valence-electron chi connectivity index (χ4n) is 6.45. The summed E-state index contributed by atoms with van der Waals surface area (Å²) in [4.78, 5) is 27.7. The second-order valence-corrected chi connectivity index (χ2v) is 9.19. The molecule has 128 valence electrons. The maximum atomic E-state index is 13.2. The van der Waals surface area contributed by atoms with Crippen molar-refractivity contribution in [2.45, 2.75) is 65.7 Å². The topological polar surface area (TPSA) is 37.4 Å². The van der Waals surface area contributed by atoms with Crippen molar-refractivity contribution in [3.8, 4) is 0 Å². The van der Waals surface area contributed by atoms with E-state index in [0.29, 0.717) is 18.4 Å². The zero-order valence-electron chi connectivity index (χ0n) is 14.9. The maximum Gasteiger partial charge on any atom is 0.234 e. The molecule has 0 aromatic heterocycles. The first-order valence-corrected chi connectivity index (χ1v) is 9.81. The smallest absolute Gasteiger partial charge is 0.234 e. The van der Waals surface area contributed by atoms with Crippen LogP contribution < -0.4 is 0 Å². The Morgan fingerprint density at radius 1 is 1.04 bits per heavy atom. The molecule has 3 nitrogen and oxygen atoms in total.